The van der Waals surface area contributed by atoms with E-state index in [1.807, 2.05) is 12.3 Å². The Bertz CT molecular complexity index is 335. The van der Waals surface area contributed by atoms with Gasteiger partial charge in [0.15, 0.2) is 0 Å². The molecule has 1 unspecified atom stereocenters. The fourth-order valence-corrected chi connectivity index (χ4v) is 2.92. The maximum atomic E-state index is 4.54. The van der Waals surface area contributed by atoms with Crippen molar-refractivity contribution < 1.29 is 0 Å². The number of rotatable bonds is 0. The second kappa shape index (κ2) is 3.26. The molecule has 2 heteroatoms. The lowest BCUT2D eigenvalue weighted by atomic mass is 9.75. The fraction of sp³-hybridized carbons (Fsp3) is 0.583. The van der Waals surface area contributed by atoms with E-state index in [4.69, 9.17) is 0 Å². The molecule has 3 rings (SSSR count). The van der Waals surface area contributed by atoms with Gasteiger partial charge in [-0.3, -0.25) is 4.98 Å². The predicted octanol–water partition coefficient (Wildman–Crippen LogP) is 2.78. The van der Waals surface area contributed by atoms with Crippen LogP contribution in [0, 0.1) is 5.92 Å². The van der Waals surface area contributed by atoms with E-state index in [-0.39, 0.29) is 0 Å². The number of nitrogens with zero attached hydrogens (tertiary/aromatic N) is 1. The summed E-state index contributed by atoms with van der Waals surface area (Å²) in [6.45, 7) is 1.16. The summed E-state index contributed by atoms with van der Waals surface area (Å²) in [5.74, 6) is 1.58. The van der Waals surface area contributed by atoms with E-state index in [9.17, 15) is 0 Å². The molecule has 0 bridgehead atoms. The van der Waals surface area contributed by atoms with E-state index in [2.05, 4.69) is 16.4 Å². The minimum Gasteiger partial charge on any atom is -0.383 e. The predicted molar refractivity (Wildman–Crippen MR) is 57.4 cm³/mol. The van der Waals surface area contributed by atoms with Crippen molar-refractivity contribution in [2.45, 2.75) is 31.6 Å². The van der Waals surface area contributed by atoms with E-state index in [1.165, 1.54) is 37.1 Å². The molecule has 1 aliphatic carbocycles. The molecule has 2 aliphatic rings. The summed E-state index contributed by atoms with van der Waals surface area (Å²) < 4.78 is 0. The van der Waals surface area contributed by atoms with Crippen LogP contribution < -0.4 is 5.32 Å². The van der Waals surface area contributed by atoms with E-state index < -0.39 is 0 Å². The van der Waals surface area contributed by atoms with Crippen LogP contribution in [0.4, 0.5) is 5.69 Å². The molecular formula is C12H16N2. The van der Waals surface area contributed by atoms with Crippen molar-refractivity contribution in [3.8, 4) is 0 Å². The quantitative estimate of drug-likeness (QED) is 0.677. The lowest BCUT2D eigenvalue weighted by Crippen LogP contribution is -2.30. The highest BCUT2D eigenvalue weighted by Crippen LogP contribution is 2.42. The first-order valence-electron chi connectivity index (χ1n) is 5.64. The summed E-state index contributed by atoms with van der Waals surface area (Å²) >= 11 is 0. The van der Waals surface area contributed by atoms with E-state index in [1.54, 1.807) is 0 Å². The van der Waals surface area contributed by atoms with Gasteiger partial charge in [0.25, 0.3) is 0 Å². The zero-order chi connectivity index (χ0) is 9.38. The van der Waals surface area contributed by atoms with Gasteiger partial charge in [-0.25, -0.2) is 0 Å². The average molecular weight is 188 g/mol. The molecule has 0 spiro atoms. The number of anilines is 1. The van der Waals surface area contributed by atoms with Crippen LogP contribution >= 0.6 is 0 Å². The molecule has 0 amide bonds. The Morgan fingerprint density at radius 1 is 1.29 bits per heavy atom. The molecule has 0 aromatic carbocycles. The molecule has 1 N–H and O–H groups in total. The van der Waals surface area contributed by atoms with Gasteiger partial charge in [0.1, 0.15) is 0 Å². The molecule has 0 saturated heterocycles. The topological polar surface area (TPSA) is 24.9 Å². The van der Waals surface area contributed by atoms with Gasteiger partial charge in [-0.15, -0.1) is 0 Å². The number of hydrogen-bond acceptors (Lipinski definition) is 2. The highest BCUT2D eigenvalue weighted by molar-refractivity contribution is 5.51. The first kappa shape index (κ1) is 8.27. The molecule has 0 radical (unpaired) electrons. The van der Waals surface area contributed by atoms with Crippen LogP contribution in [0.5, 0.6) is 0 Å². The van der Waals surface area contributed by atoms with Crippen molar-refractivity contribution in [3.05, 3.63) is 24.0 Å². The van der Waals surface area contributed by atoms with Crippen molar-refractivity contribution in [2.75, 3.05) is 11.9 Å². The Hall–Kier alpha value is -1.05. The van der Waals surface area contributed by atoms with Crippen molar-refractivity contribution in [2.24, 2.45) is 5.92 Å². The molecule has 74 valence electrons. The second-order valence-electron chi connectivity index (χ2n) is 4.47. The van der Waals surface area contributed by atoms with Gasteiger partial charge in [0.05, 0.1) is 11.4 Å². The van der Waals surface area contributed by atoms with Crippen LogP contribution in [-0.4, -0.2) is 11.5 Å². The van der Waals surface area contributed by atoms with Gasteiger partial charge in [-0.2, -0.15) is 0 Å². The van der Waals surface area contributed by atoms with Crippen LogP contribution in [0.3, 0.4) is 0 Å². The third kappa shape index (κ3) is 1.21. The maximum Gasteiger partial charge on any atom is 0.0668 e. The van der Waals surface area contributed by atoms with Gasteiger partial charge in [0, 0.05) is 18.7 Å². The molecule has 1 aromatic rings. The van der Waals surface area contributed by atoms with E-state index in [0.717, 1.165) is 18.4 Å². The second-order valence-corrected chi connectivity index (χ2v) is 4.47. The monoisotopic (exact) mass is 188 g/mol. The molecule has 1 aromatic heterocycles. The number of pyridine rings is 1. The maximum absolute atomic E-state index is 4.54. The molecule has 2 nitrogen and oxygen atoms in total. The van der Waals surface area contributed by atoms with Crippen molar-refractivity contribution in [1.82, 2.24) is 4.98 Å². The Kier molecular flexibility index (Phi) is 1.93. The standard InChI is InChI=1S/C12H16N2/c1-2-5-10-9(4-1)8-14-11-6-3-7-13-12(10)11/h3,6-7,9-10,14H,1-2,4-5,8H2/t9?,10-/m1/s1. The Morgan fingerprint density at radius 2 is 2.21 bits per heavy atom. The van der Waals surface area contributed by atoms with Crippen LogP contribution in [0.2, 0.25) is 0 Å². The van der Waals surface area contributed by atoms with Gasteiger partial charge in [0.2, 0.25) is 0 Å². The molecule has 1 fully saturated rings. The number of fused-ring (bicyclic) bond motifs is 3. The summed E-state index contributed by atoms with van der Waals surface area (Å²) in [7, 11) is 0. The molecule has 2 heterocycles. The highest BCUT2D eigenvalue weighted by Gasteiger charge is 2.32. The molecule has 2 atom stereocenters. The van der Waals surface area contributed by atoms with Gasteiger partial charge >= 0.3 is 0 Å². The number of hydrogen-bond donors (Lipinski definition) is 1. The van der Waals surface area contributed by atoms with E-state index in [0.29, 0.717) is 0 Å². The third-order valence-electron chi connectivity index (χ3n) is 3.65. The zero-order valence-corrected chi connectivity index (χ0v) is 8.37. The SMILES string of the molecule is c1cnc2c(c1)NCC1CCCC[C@@H]21. The summed E-state index contributed by atoms with van der Waals surface area (Å²) in [4.78, 5) is 4.54. The van der Waals surface area contributed by atoms with Gasteiger partial charge < -0.3 is 5.32 Å². The lowest BCUT2D eigenvalue weighted by molar-refractivity contribution is 0.308. The van der Waals surface area contributed by atoms with Gasteiger partial charge in [-0.1, -0.05) is 12.8 Å². The first-order valence-corrected chi connectivity index (χ1v) is 5.64. The van der Waals surface area contributed by atoms with Crippen LogP contribution in [0.25, 0.3) is 0 Å². The van der Waals surface area contributed by atoms with Crippen molar-refractivity contribution in [1.29, 1.82) is 0 Å². The summed E-state index contributed by atoms with van der Waals surface area (Å²) in [5.41, 5.74) is 2.60. The van der Waals surface area contributed by atoms with Gasteiger partial charge in [-0.05, 0) is 30.9 Å². The fourth-order valence-electron chi connectivity index (χ4n) is 2.92. The average Bonchev–Trinajstić information content (AvgIpc) is 2.29. The van der Waals surface area contributed by atoms with Crippen LogP contribution in [0.15, 0.2) is 18.3 Å². The van der Waals surface area contributed by atoms with Crippen molar-refractivity contribution >= 4 is 5.69 Å². The highest BCUT2D eigenvalue weighted by atomic mass is 14.9. The molecule has 1 saturated carbocycles. The largest absolute Gasteiger partial charge is 0.383 e. The lowest BCUT2D eigenvalue weighted by Gasteiger charge is -2.36. The smallest absolute Gasteiger partial charge is 0.0668 e. The minimum atomic E-state index is 0.737. The van der Waals surface area contributed by atoms with Crippen LogP contribution in [-0.2, 0) is 0 Å². The van der Waals surface area contributed by atoms with Crippen LogP contribution in [0.1, 0.15) is 37.3 Å². The Labute approximate surface area is 84.7 Å². The first-order chi connectivity index (χ1) is 6.95. The van der Waals surface area contributed by atoms with E-state index >= 15 is 0 Å². The number of nitrogens with one attached hydrogen (secondary N) is 1. The number of aromatic nitrogens is 1. The summed E-state index contributed by atoms with van der Waals surface area (Å²) in [5, 5.41) is 3.50. The normalized spacial score (nSPS) is 30.0. The summed E-state index contributed by atoms with van der Waals surface area (Å²) in [6, 6.07) is 4.18. The molecular weight excluding hydrogens is 172 g/mol. The zero-order valence-electron chi connectivity index (χ0n) is 8.37. The third-order valence-corrected chi connectivity index (χ3v) is 3.65. The Morgan fingerprint density at radius 3 is 3.21 bits per heavy atom. The molecule has 14 heavy (non-hydrogen) atoms. The van der Waals surface area contributed by atoms with Crippen molar-refractivity contribution in [3.63, 3.8) is 0 Å². The summed E-state index contributed by atoms with van der Waals surface area (Å²) in [6.07, 6.45) is 7.45. The Balaban J connectivity index is 1.99. The molecule has 1 aliphatic heterocycles. The minimum absolute atomic E-state index is 0.737.